The number of carbonyl (C=O) groups excluding carboxylic acids is 2. The fourth-order valence-electron chi connectivity index (χ4n) is 4.25. The molecule has 0 bridgehead atoms. The molecule has 0 fully saturated rings. The van der Waals surface area contributed by atoms with Crippen LogP contribution >= 0.6 is 0 Å². The largest absolute Gasteiger partial charge is 0.478 e. The van der Waals surface area contributed by atoms with E-state index >= 15 is 0 Å². The molecule has 1 aliphatic rings. The van der Waals surface area contributed by atoms with Crippen LogP contribution in [0, 0.1) is 6.57 Å². The van der Waals surface area contributed by atoms with Gasteiger partial charge in [0.1, 0.15) is 17.6 Å². The molecule has 37 heavy (non-hydrogen) atoms. The first-order valence-corrected chi connectivity index (χ1v) is 11.1. The number of hydrogen-bond donors (Lipinski definition) is 4. The lowest BCUT2D eigenvalue weighted by molar-refractivity contribution is 0.0696. The molecule has 0 saturated heterocycles. The van der Waals surface area contributed by atoms with Gasteiger partial charge in [-0.15, -0.1) is 4.98 Å². The van der Waals surface area contributed by atoms with Crippen molar-refractivity contribution in [1.29, 1.82) is 0 Å². The fraction of sp³-hybridized carbons (Fsp3) is 0.160. The summed E-state index contributed by atoms with van der Waals surface area (Å²) in [6.45, 7) is 7.18. The molecule has 0 saturated carbocycles. The Morgan fingerprint density at radius 1 is 1.11 bits per heavy atom. The summed E-state index contributed by atoms with van der Waals surface area (Å²) in [7, 11) is 0. The number of carboxylic acids is 1. The number of nitrogens with one attached hydrogen (secondary N) is 2. The summed E-state index contributed by atoms with van der Waals surface area (Å²) in [6, 6.07) is 9.79. The molecule has 184 valence electrons. The van der Waals surface area contributed by atoms with Gasteiger partial charge in [-0.2, -0.15) is 5.10 Å². The molecule has 3 aromatic heterocycles. The number of nitrogens with zero attached hydrogens (tertiary/aromatic N) is 5. The minimum Gasteiger partial charge on any atom is -0.478 e. The molecule has 1 aromatic carbocycles. The maximum atomic E-state index is 13.3. The van der Waals surface area contributed by atoms with E-state index in [2.05, 4.69) is 30.5 Å². The molecule has 4 N–H and O–H groups in total. The van der Waals surface area contributed by atoms with Crippen molar-refractivity contribution in [2.24, 2.45) is 0 Å². The van der Waals surface area contributed by atoms with Crippen molar-refractivity contribution in [2.75, 3.05) is 0 Å². The molecule has 12 heteroatoms. The average Bonchev–Trinajstić information content (AvgIpc) is 3.50. The van der Waals surface area contributed by atoms with Crippen LogP contribution in [0.4, 0.5) is 5.82 Å². The van der Waals surface area contributed by atoms with E-state index in [-0.39, 0.29) is 41.4 Å². The number of carboxylic acid groups (broad SMARTS) is 1. The molecule has 0 radical (unpaired) electrons. The first-order chi connectivity index (χ1) is 17.8. The lowest BCUT2D eigenvalue weighted by Gasteiger charge is -2.18. The van der Waals surface area contributed by atoms with Crippen molar-refractivity contribution in [3.8, 4) is 0 Å². The number of pyridine rings is 1. The van der Waals surface area contributed by atoms with Crippen LogP contribution in [0.5, 0.6) is 0 Å². The van der Waals surface area contributed by atoms with Crippen molar-refractivity contribution >= 4 is 29.2 Å². The van der Waals surface area contributed by atoms with E-state index in [1.807, 2.05) is 0 Å². The van der Waals surface area contributed by atoms with Crippen LogP contribution in [-0.2, 0) is 13.0 Å². The molecule has 0 unspecified atom stereocenters. The number of aromatic nitrogens is 4. The predicted molar refractivity (Wildman–Crippen MR) is 128 cm³/mol. The number of aliphatic hydroxyl groups is 1. The van der Waals surface area contributed by atoms with Crippen LogP contribution in [0.2, 0.25) is 0 Å². The van der Waals surface area contributed by atoms with Gasteiger partial charge < -0.3 is 25.7 Å². The molecule has 5 rings (SSSR count). The van der Waals surface area contributed by atoms with E-state index in [9.17, 15) is 24.6 Å². The Kier molecular flexibility index (Phi) is 6.04. The van der Waals surface area contributed by atoms with Crippen LogP contribution in [0.1, 0.15) is 54.1 Å². The molecule has 0 spiro atoms. The van der Waals surface area contributed by atoms with E-state index in [4.69, 9.17) is 6.57 Å². The first-order valence-electron chi connectivity index (χ1n) is 11.1. The zero-order chi connectivity index (χ0) is 26.1. The summed E-state index contributed by atoms with van der Waals surface area (Å²) in [5, 5.41) is 29.4. The summed E-state index contributed by atoms with van der Waals surface area (Å²) in [6.07, 6.45) is 2.15. The molecule has 2 amide bonds. The topological polar surface area (TPSA) is 163 Å². The molecule has 12 nitrogen and oxygen atoms in total. The minimum atomic E-state index is -1.08. The quantitative estimate of drug-likeness (QED) is 0.292. The van der Waals surface area contributed by atoms with Gasteiger partial charge in [-0.05, 0) is 41.0 Å². The van der Waals surface area contributed by atoms with Gasteiger partial charge >= 0.3 is 5.97 Å². The van der Waals surface area contributed by atoms with Crippen molar-refractivity contribution in [2.45, 2.75) is 25.1 Å². The van der Waals surface area contributed by atoms with Crippen LogP contribution in [-0.4, -0.2) is 53.7 Å². The number of fused-ring (bicyclic) bond motifs is 2. The van der Waals surface area contributed by atoms with Gasteiger partial charge in [0.15, 0.2) is 5.65 Å². The number of rotatable bonds is 6. The second-order valence-corrected chi connectivity index (χ2v) is 8.39. The highest BCUT2D eigenvalue weighted by Crippen LogP contribution is 2.32. The summed E-state index contributed by atoms with van der Waals surface area (Å²) >= 11 is 0. The number of amides is 2. The van der Waals surface area contributed by atoms with Gasteiger partial charge in [-0.3, -0.25) is 9.59 Å². The zero-order valence-corrected chi connectivity index (χ0v) is 19.1. The summed E-state index contributed by atoms with van der Waals surface area (Å²) < 4.78 is 1.28. The predicted octanol–water partition coefficient (Wildman–Crippen LogP) is 1.69. The normalized spacial score (nSPS) is 16.1. The lowest BCUT2D eigenvalue weighted by atomic mass is 10.0. The number of carbonyl (C=O) groups is 3. The van der Waals surface area contributed by atoms with E-state index in [1.165, 1.54) is 35.1 Å². The van der Waals surface area contributed by atoms with Crippen molar-refractivity contribution in [3.63, 3.8) is 0 Å². The molecular formula is C25H19N7O5. The fourth-order valence-corrected chi connectivity index (χ4v) is 4.25. The van der Waals surface area contributed by atoms with Crippen molar-refractivity contribution in [1.82, 2.24) is 30.2 Å². The van der Waals surface area contributed by atoms with E-state index in [0.717, 1.165) is 0 Å². The van der Waals surface area contributed by atoms with Gasteiger partial charge in [0, 0.05) is 25.1 Å². The summed E-state index contributed by atoms with van der Waals surface area (Å²) in [5.41, 5.74) is 2.31. The third-order valence-electron chi connectivity index (χ3n) is 6.03. The molecular weight excluding hydrogens is 478 g/mol. The highest BCUT2D eigenvalue weighted by Gasteiger charge is 2.33. The number of aromatic carboxylic acids is 1. The third-order valence-corrected chi connectivity index (χ3v) is 6.03. The summed E-state index contributed by atoms with van der Waals surface area (Å²) in [4.78, 5) is 48.9. The second kappa shape index (κ2) is 9.48. The SMILES string of the molecule is [C-]#[N+]c1cc(CNC(=O)c2cc(C(=O)N[C@@H]3c4ccc(C(=O)O)cc4C[C@H]3O)n3nccc3n2)ccn1. The molecule has 0 aliphatic heterocycles. The van der Waals surface area contributed by atoms with Crippen LogP contribution in [0.15, 0.2) is 54.9 Å². The molecule has 3 heterocycles. The number of benzene rings is 1. The standard InChI is InChI=1S/C25H19N7O5/c1-26-20-8-13(4-6-27-20)12-28-23(34)17-11-18(32-21(30-17)5-7-29-32)24(35)31-22-16-3-2-14(25(36)37)9-15(16)10-19(22)33/h2-9,11,19,22,33H,10,12H2,(H,28,34)(H,31,35)(H,36,37)/t19-,22-/m1/s1. The maximum Gasteiger partial charge on any atom is 0.335 e. The van der Waals surface area contributed by atoms with Crippen molar-refractivity contribution < 1.29 is 24.6 Å². The van der Waals surface area contributed by atoms with Crippen LogP contribution < -0.4 is 10.6 Å². The Morgan fingerprint density at radius 3 is 2.73 bits per heavy atom. The Bertz CT molecular complexity index is 1610. The maximum absolute atomic E-state index is 13.3. The Morgan fingerprint density at radius 2 is 1.95 bits per heavy atom. The summed E-state index contributed by atoms with van der Waals surface area (Å²) in [5.74, 6) is -2.00. The molecule has 1 aliphatic carbocycles. The molecule has 2 atom stereocenters. The van der Waals surface area contributed by atoms with Gasteiger partial charge in [-0.25, -0.2) is 14.3 Å². The average molecular weight is 497 g/mol. The Labute approximate surface area is 209 Å². The second-order valence-electron chi connectivity index (χ2n) is 8.39. The lowest BCUT2D eigenvalue weighted by Crippen LogP contribution is -2.35. The highest BCUT2D eigenvalue weighted by atomic mass is 16.4. The highest BCUT2D eigenvalue weighted by molar-refractivity contribution is 5.98. The smallest absolute Gasteiger partial charge is 0.335 e. The first kappa shape index (κ1) is 23.6. The number of hydrogen-bond acceptors (Lipinski definition) is 7. The van der Waals surface area contributed by atoms with Crippen LogP contribution in [0.3, 0.4) is 0 Å². The van der Waals surface area contributed by atoms with Crippen molar-refractivity contribution in [3.05, 3.63) is 99.9 Å². The zero-order valence-electron chi connectivity index (χ0n) is 19.1. The van der Waals surface area contributed by atoms with Crippen LogP contribution in [0.25, 0.3) is 10.5 Å². The number of aliphatic hydroxyl groups excluding tert-OH is 1. The van der Waals surface area contributed by atoms with E-state index in [0.29, 0.717) is 16.7 Å². The minimum absolute atomic E-state index is 0.0175. The van der Waals surface area contributed by atoms with E-state index in [1.54, 1.807) is 24.3 Å². The van der Waals surface area contributed by atoms with Gasteiger partial charge in [0.05, 0.1) is 23.9 Å². The third kappa shape index (κ3) is 4.58. The molecule has 4 aromatic rings. The van der Waals surface area contributed by atoms with Gasteiger partial charge in [-0.1, -0.05) is 12.6 Å². The van der Waals surface area contributed by atoms with E-state index < -0.39 is 29.9 Å². The monoisotopic (exact) mass is 497 g/mol. The van der Waals surface area contributed by atoms with Gasteiger partial charge in [0.25, 0.3) is 17.6 Å². The Balaban J connectivity index is 1.38. The van der Waals surface area contributed by atoms with Gasteiger partial charge in [0.2, 0.25) is 0 Å². The Hall–Kier alpha value is -5.15.